The van der Waals surface area contributed by atoms with Crippen LogP contribution in [0.3, 0.4) is 0 Å². The van der Waals surface area contributed by atoms with Crippen LogP contribution < -0.4 is 5.43 Å². The van der Waals surface area contributed by atoms with Crippen LogP contribution in [0.5, 0.6) is 0 Å². The van der Waals surface area contributed by atoms with Gasteiger partial charge in [-0.2, -0.15) is 5.10 Å². The van der Waals surface area contributed by atoms with Gasteiger partial charge in [0.05, 0.1) is 18.5 Å². The zero-order valence-corrected chi connectivity index (χ0v) is 14.1. The lowest BCUT2D eigenvalue weighted by molar-refractivity contribution is -0.142. The fourth-order valence-corrected chi connectivity index (χ4v) is 2.43. The number of carbonyl (C=O) groups excluding carboxylic acids is 1. The molecular formula is C17H20F2N2O3. The van der Waals surface area contributed by atoms with Crippen molar-refractivity contribution in [1.29, 1.82) is 0 Å². The molecule has 5 nitrogen and oxygen atoms in total. The van der Waals surface area contributed by atoms with Crippen molar-refractivity contribution in [3.8, 4) is 0 Å². The molecule has 0 aliphatic rings. The summed E-state index contributed by atoms with van der Waals surface area (Å²) >= 11 is 0. The quantitative estimate of drug-likeness (QED) is 0.786. The van der Waals surface area contributed by atoms with Crippen LogP contribution in [0.2, 0.25) is 0 Å². The number of ether oxygens (including phenoxy) is 1. The van der Waals surface area contributed by atoms with E-state index in [0.29, 0.717) is 5.52 Å². The van der Waals surface area contributed by atoms with E-state index >= 15 is 0 Å². The molecule has 2 aromatic rings. The van der Waals surface area contributed by atoms with E-state index in [-0.39, 0.29) is 35.7 Å². The first-order valence-electron chi connectivity index (χ1n) is 7.74. The minimum atomic E-state index is -3.02. The van der Waals surface area contributed by atoms with Crippen molar-refractivity contribution in [2.75, 3.05) is 6.61 Å². The fraction of sp³-hybridized carbons (Fsp3) is 0.471. The summed E-state index contributed by atoms with van der Waals surface area (Å²) in [6.45, 7) is 6.32. The zero-order valence-electron chi connectivity index (χ0n) is 14.1. The third-order valence-corrected chi connectivity index (χ3v) is 3.59. The van der Waals surface area contributed by atoms with Gasteiger partial charge in [0.2, 0.25) is 5.43 Å². The van der Waals surface area contributed by atoms with Gasteiger partial charge >= 0.3 is 5.97 Å². The van der Waals surface area contributed by atoms with Gasteiger partial charge in [0.1, 0.15) is 5.69 Å². The van der Waals surface area contributed by atoms with E-state index in [4.69, 9.17) is 4.74 Å². The highest BCUT2D eigenvalue weighted by atomic mass is 19.3. The highest BCUT2D eigenvalue weighted by Gasteiger charge is 2.26. The second kappa shape index (κ2) is 6.67. The summed E-state index contributed by atoms with van der Waals surface area (Å²) in [5, 5.41) is 4.46. The standard InChI is InChI=1S/C17H20F2N2O3/c1-5-24-15(22)9-13-16(23)12-7-6-11(17(4,18)19)8-14(12)21(20-13)10(2)3/h6-8,10H,5,9H2,1-4H3. The Bertz CT molecular complexity index is 823. The average molecular weight is 338 g/mol. The normalized spacial score (nSPS) is 12.0. The Labute approximate surface area is 138 Å². The van der Waals surface area contributed by atoms with Gasteiger partial charge in [-0.25, -0.2) is 8.78 Å². The Hall–Kier alpha value is -2.31. The molecule has 24 heavy (non-hydrogen) atoms. The summed E-state index contributed by atoms with van der Waals surface area (Å²) < 4.78 is 33.5. The molecule has 0 unspecified atom stereocenters. The van der Waals surface area contributed by atoms with Crippen molar-refractivity contribution in [1.82, 2.24) is 9.78 Å². The van der Waals surface area contributed by atoms with E-state index in [1.165, 1.54) is 22.9 Å². The minimum Gasteiger partial charge on any atom is -0.466 e. The first-order chi connectivity index (χ1) is 11.1. The lowest BCUT2D eigenvalue weighted by Crippen LogP contribution is -2.24. The Kier molecular flexibility index (Phi) is 5.01. The van der Waals surface area contributed by atoms with Crippen LogP contribution >= 0.6 is 0 Å². The van der Waals surface area contributed by atoms with Gasteiger partial charge < -0.3 is 4.74 Å². The summed E-state index contributed by atoms with van der Waals surface area (Å²) in [7, 11) is 0. The van der Waals surface area contributed by atoms with E-state index < -0.39 is 17.3 Å². The monoisotopic (exact) mass is 338 g/mol. The van der Waals surface area contributed by atoms with Crippen molar-refractivity contribution < 1.29 is 18.3 Å². The Morgan fingerprint density at radius 1 is 1.38 bits per heavy atom. The number of benzene rings is 1. The number of hydrogen-bond acceptors (Lipinski definition) is 4. The van der Waals surface area contributed by atoms with Gasteiger partial charge in [0, 0.05) is 23.9 Å². The van der Waals surface area contributed by atoms with E-state index in [1.807, 2.05) is 13.8 Å². The number of hydrogen-bond donors (Lipinski definition) is 0. The van der Waals surface area contributed by atoms with Gasteiger partial charge in [-0.1, -0.05) is 6.07 Å². The third-order valence-electron chi connectivity index (χ3n) is 3.59. The average Bonchev–Trinajstić information content (AvgIpc) is 2.48. The highest BCUT2D eigenvalue weighted by molar-refractivity contribution is 5.81. The molecule has 130 valence electrons. The lowest BCUT2D eigenvalue weighted by Gasteiger charge is -2.17. The second-order valence-electron chi connectivity index (χ2n) is 5.92. The number of alkyl halides is 2. The molecule has 7 heteroatoms. The van der Waals surface area contributed by atoms with Gasteiger partial charge in [-0.15, -0.1) is 0 Å². The molecule has 0 radical (unpaired) electrons. The van der Waals surface area contributed by atoms with Crippen LogP contribution in [-0.2, 0) is 21.9 Å². The van der Waals surface area contributed by atoms with Crippen molar-refractivity contribution in [2.45, 2.75) is 46.1 Å². The molecule has 1 heterocycles. The molecule has 1 aromatic carbocycles. The summed E-state index contributed by atoms with van der Waals surface area (Å²) in [6, 6.07) is 3.69. The van der Waals surface area contributed by atoms with Crippen LogP contribution in [0.1, 0.15) is 45.0 Å². The number of rotatable bonds is 5. The van der Waals surface area contributed by atoms with Gasteiger partial charge in [0.15, 0.2) is 0 Å². The molecule has 0 aliphatic carbocycles. The Morgan fingerprint density at radius 3 is 2.58 bits per heavy atom. The smallest absolute Gasteiger partial charge is 0.312 e. The molecule has 1 aromatic heterocycles. The number of aromatic nitrogens is 2. The molecule has 0 bridgehead atoms. The molecule has 2 rings (SSSR count). The largest absolute Gasteiger partial charge is 0.466 e. The van der Waals surface area contributed by atoms with Gasteiger partial charge in [-0.3, -0.25) is 14.3 Å². The number of halogens is 2. The summed E-state index contributed by atoms with van der Waals surface area (Å²) in [6.07, 6.45) is -0.249. The molecular weight excluding hydrogens is 318 g/mol. The molecule has 0 fully saturated rings. The lowest BCUT2D eigenvalue weighted by atomic mass is 10.1. The first-order valence-corrected chi connectivity index (χ1v) is 7.74. The van der Waals surface area contributed by atoms with Crippen molar-refractivity contribution in [3.05, 3.63) is 39.7 Å². The van der Waals surface area contributed by atoms with Gasteiger partial charge in [-0.05, 0) is 32.9 Å². The summed E-state index contributed by atoms with van der Waals surface area (Å²) in [5.41, 5.74) is -0.267. The van der Waals surface area contributed by atoms with Gasteiger partial charge in [0.25, 0.3) is 5.92 Å². The molecule has 0 spiro atoms. The van der Waals surface area contributed by atoms with Crippen LogP contribution in [-0.4, -0.2) is 22.4 Å². The van der Waals surface area contributed by atoms with Crippen LogP contribution in [0.15, 0.2) is 23.0 Å². The summed E-state index contributed by atoms with van der Waals surface area (Å²) in [4.78, 5) is 24.2. The molecule has 0 N–H and O–H groups in total. The fourth-order valence-electron chi connectivity index (χ4n) is 2.43. The number of carbonyl (C=O) groups is 1. The van der Waals surface area contributed by atoms with E-state index in [0.717, 1.165) is 6.92 Å². The molecule has 0 atom stereocenters. The van der Waals surface area contributed by atoms with Crippen LogP contribution in [0, 0.1) is 0 Å². The SMILES string of the molecule is CCOC(=O)Cc1nn(C(C)C)c2cc(C(C)(F)F)ccc2c1=O. The minimum absolute atomic E-state index is 0.0469. The number of nitrogens with zero attached hydrogens (tertiary/aromatic N) is 2. The predicted octanol–water partition coefficient (Wildman–Crippen LogP) is 3.19. The zero-order chi connectivity index (χ0) is 18.1. The number of esters is 1. The molecule has 0 aliphatic heterocycles. The third kappa shape index (κ3) is 3.60. The number of fused-ring (bicyclic) bond motifs is 1. The van der Waals surface area contributed by atoms with E-state index in [9.17, 15) is 18.4 Å². The Morgan fingerprint density at radius 2 is 2.04 bits per heavy atom. The summed E-state index contributed by atoms with van der Waals surface area (Å²) in [5.74, 6) is -3.57. The maximum Gasteiger partial charge on any atom is 0.312 e. The van der Waals surface area contributed by atoms with Crippen LogP contribution in [0.4, 0.5) is 8.78 Å². The first kappa shape index (κ1) is 18.0. The van der Waals surface area contributed by atoms with Crippen molar-refractivity contribution in [2.24, 2.45) is 0 Å². The maximum atomic E-state index is 13.6. The predicted molar refractivity (Wildman–Crippen MR) is 86.3 cm³/mol. The topological polar surface area (TPSA) is 61.2 Å². The van der Waals surface area contributed by atoms with Crippen LogP contribution in [0.25, 0.3) is 10.9 Å². The molecule has 0 amide bonds. The second-order valence-corrected chi connectivity index (χ2v) is 5.92. The highest BCUT2D eigenvalue weighted by Crippen LogP contribution is 2.29. The maximum absolute atomic E-state index is 13.6. The van der Waals surface area contributed by atoms with E-state index in [2.05, 4.69) is 5.10 Å². The van der Waals surface area contributed by atoms with Crippen molar-refractivity contribution in [3.63, 3.8) is 0 Å². The Balaban J connectivity index is 2.68. The van der Waals surface area contributed by atoms with E-state index in [1.54, 1.807) is 6.92 Å². The molecule has 0 saturated carbocycles. The van der Waals surface area contributed by atoms with Crippen molar-refractivity contribution >= 4 is 16.9 Å². The molecule has 0 saturated heterocycles.